The molecule has 1 aromatic rings. The minimum atomic E-state index is -0.0505. The van der Waals surface area contributed by atoms with Crippen molar-refractivity contribution in [1.29, 1.82) is 0 Å². The molecule has 1 saturated heterocycles. The highest BCUT2D eigenvalue weighted by Gasteiger charge is 2.22. The van der Waals surface area contributed by atoms with Crippen molar-refractivity contribution in [2.75, 3.05) is 13.2 Å². The highest BCUT2D eigenvalue weighted by Crippen LogP contribution is 2.20. The number of nitrogens with one attached hydrogen (secondary N) is 2. The third-order valence-corrected chi connectivity index (χ3v) is 4.00. The standard InChI is InChI=1S/C17H26N2O2/c1-12(2)14-6-4-7-15(10-14)21-11-17(20)19-16-8-5-9-18-13(16)3/h4,6-7,10,12-13,16,18H,5,8-9,11H2,1-3H3,(H,19,20). The van der Waals surface area contributed by atoms with Crippen LogP contribution in [-0.2, 0) is 4.79 Å². The zero-order chi connectivity index (χ0) is 15.2. The number of piperidine rings is 1. The van der Waals surface area contributed by atoms with Crippen molar-refractivity contribution in [2.45, 2.75) is 51.6 Å². The Bertz CT molecular complexity index is 474. The Labute approximate surface area is 127 Å². The van der Waals surface area contributed by atoms with E-state index in [4.69, 9.17) is 4.74 Å². The third kappa shape index (κ3) is 4.74. The second-order valence-electron chi connectivity index (χ2n) is 6.07. The van der Waals surface area contributed by atoms with Crippen LogP contribution in [0.2, 0.25) is 0 Å². The average Bonchev–Trinajstić information content (AvgIpc) is 2.48. The summed E-state index contributed by atoms with van der Waals surface area (Å²) in [6.07, 6.45) is 2.13. The van der Waals surface area contributed by atoms with Gasteiger partial charge < -0.3 is 15.4 Å². The van der Waals surface area contributed by atoms with E-state index < -0.39 is 0 Å². The van der Waals surface area contributed by atoms with Crippen LogP contribution in [0.15, 0.2) is 24.3 Å². The normalized spacial score (nSPS) is 22.1. The molecule has 2 unspecified atom stereocenters. The molecular formula is C17H26N2O2. The van der Waals surface area contributed by atoms with Crippen molar-refractivity contribution in [1.82, 2.24) is 10.6 Å². The summed E-state index contributed by atoms with van der Waals surface area (Å²) in [6.45, 7) is 7.50. The molecule has 2 rings (SSSR count). The first-order chi connectivity index (χ1) is 10.1. The van der Waals surface area contributed by atoms with Gasteiger partial charge in [0.2, 0.25) is 0 Å². The van der Waals surface area contributed by atoms with E-state index in [9.17, 15) is 4.79 Å². The zero-order valence-corrected chi connectivity index (χ0v) is 13.2. The molecule has 1 aliphatic heterocycles. The summed E-state index contributed by atoms with van der Waals surface area (Å²) < 4.78 is 5.60. The first-order valence-electron chi connectivity index (χ1n) is 7.82. The summed E-state index contributed by atoms with van der Waals surface area (Å²) in [4.78, 5) is 12.0. The van der Waals surface area contributed by atoms with Gasteiger partial charge >= 0.3 is 0 Å². The maximum absolute atomic E-state index is 12.0. The number of rotatable bonds is 5. The quantitative estimate of drug-likeness (QED) is 0.876. The molecule has 4 heteroatoms. The fourth-order valence-corrected chi connectivity index (χ4v) is 2.60. The topological polar surface area (TPSA) is 50.4 Å². The summed E-state index contributed by atoms with van der Waals surface area (Å²) in [5, 5.41) is 6.43. The SMILES string of the molecule is CC(C)c1cccc(OCC(=O)NC2CCCNC2C)c1. The molecule has 0 saturated carbocycles. The van der Waals surface area contributed by atoms with Gasteiger partial charge in [0.15, 0.2) is 6.61 Å². The summed E-state index contributed by atoms with van der Waals surface area (Å²) in [7, 11) is 0. The Morgan fingerprint density at radius 1 is 1.48 bits per heavy atom. The fourth-order valence-electron chi connectivity index (χ4n) is 2.60. The maximum Gasteiger partial charge on any atom is 0.258 e. The lowest BCUT2D eigenvalue weighted by Crippen LogP contribution is -2.52. The van der Waals surface area contributed by atoms with Crippen LogP contribution in [0.5, 0.6) is 5.75 Å². The van der Waals surface area contributed by atoms with Crippen molar-refractivity contribution < 1.29 is 9.53 Å². The molecule has 1 aliphatic rings. The van der Waals surface area contributed by atoms with E-state index >= 15 is 0 Å². The first-order valence-corrected chi connectivity index (χ1v) is 7.82. The molecular weight excluding hydrogens is 264 g/mol. The number of amides is 1. The molecule has 1 fully saturated rings. The maximum atomic E-state index is 12.0. The summed E-state index contributed by atoms with van der Waals surface area (Å²) in [5.41, 5.74) is 1.22. The second kappa shape index (κ2) is 7.46. The molecule has 1 amide bonds. The minimum Gasteiger partial charge on any atom is -0.484 e. The van der Waals surface area contributed by atoms with Gasteiger partial charge in [-0.15, -0.1) is 0 Å². The molecule has 0 radical (unpaired) electrons. The molecule has 0 spiro atoms. The van der Waals surface area contributed by atoms with Crippen LogP contribution < -0.4 is 15.4 Å². The number of ether oxygens (including phenoxy) is 1. The highest BCUT2D eigenvalue weighted by atomic mass is 16.5. The molecule has 4 nitrogen and oxygen atoms in total. The lowest BCUT2D eigenvalue weighted by atomic mass is 10.00. The Morgan fingerprint density at radius 2 is 2.29 bits per heavy atom. The average molecular weight is 290 g/mol. The number of hydrogen-bond donors (Lipinski definition) is 2. The lowest BCUT2D eigenvalue weighted by molar-refractivity contribution is -0.124. The van der Waals surface area contributed by atoms with E-state index in [2.05, 4.69) is 37.5 Å². The molecule has 0 aromatic heterocycles. The Balaban J connectivity index is 1.82. The van der Waals surface area contributed by atoms with Crippen LogP contribution in [-0.4, -0.2) is 31.1 Å². The molecule has 1 heterocycles. The lowest BCUT2D eigenvalue weighted by Gasteiger charge is -2.30. The summed E-state index contributed by atoms with van der Waals surface area (Å²) >= 11 is 0. The van der Waals surface area contributed by atoms with Gasteiger partial charge in [-0.3, -0.25) is 4.79 Å². The summed E-state index contributed by atoms with van der Waals surface area (Å²) in [6, 6.07) is 8.47. The predicted molar refractivity (Wildman–Crippen MR) is 84.7 cm³/mol. The molecule has 0 aliphatic carbocycles. The first kappa shape index (κ1) is 15.8. The van der Waals surface area contributed by atoms with E-state index in [-0.39, 0.29) is 18.6 Å². The number of carbonyl (C=O) groups is 1. The van der Waals surface area contributed by atoms with Crippen molar-refractivity contribution in [3.8, 4) is 5.75 Å². The van der Waals surface area contributed by atoms with Crippen LogP contribution in [0.4, 0.5) is 0 Å². The van der Waals surface area contributed by atoms with Crippen LogP contribution >= 0.6 is 0 Å². The van der Waals surface area contributed by atoms with Crippen LogP contribution in [0.3, 0.4) is 0 Å². The molecule has 0 bridgehead atoms. The molecule has 2 atom stereocenters. The number of carbonyl (C=O) groups excluding carboxylic acids is 1. The smallest absolute Gasteiger partial charge is 0.258 e. The van der Waals surface area contributed by atoms with Gasteiger partial charge in [-0.25, -0.2) is 0 Å². The molecule has 1 aromatic carbocycles. The van der Waals surface area contributed by atoms with Crippen molar-refractivity contribution >= 4 is 5.91 Å². The van der Waals surface area contributed by atoms with E-state index in [1.165, 1.54) is 5.56 Å². The molecule has 116 valence electrons. The van der Waals surface area contributed by atoms with Crippen molar-refractivity contribution in [3.05, 3.63) is 29.8 Å². The van der Waals surface area contributed by atoms with Crippen LogP contribution in [0, 0.1) is 0 Å². The highest BCUT2D eigenvalue weighted by molar-refractivity contribution is 5.77. The largest absolute Gasteiger partial charge is 0.484 e. The van der Waals surface area contributed by atoms with Crippen LogP contribution in [0.1, 0.15) is 45.1 Å². The number of hydrogen-bond acceptors (Lipinski definition) is 3. The Kier molecular flexibility index (Phi) is 5.62. The van der Waals surface area contributed by atoms with E-state index in [0.29, 0.717) is 12.0 Å². The molecule has 21 heavy (non-hydrogen) atoms. The number of benzene rings is 1. The van der Waals surface area contributed by atoms with Gasteiger partial charge in [-0.2, -0.15) is 0 Å². The Morgan fingerprint density at radius 3 is 3.00 bits per heavy atom. The zero-order valence-electron chi connectivity index (χ0n) is 13.2. The predicted octanol–water partition coefficient (Wildman–Crippen LogP) is 2.45. The van der Waals surface area contributed by atoms with Gasteiger partial charge in [-0.05, 0) is 49.9 Å². The van der Waals surface area contributed by atoms with Gasteiger partial charge in [0.05, 0.1) is 0 Å². The van der Waals surface area contributed by atoms with Gasteiger partial charge in [0.1, 0.15) is 5.75 Å². The third-order valence-electron chi connectivity index (χ3n) is 4.00. The van der Waals surface area contributed by atoms with Crippen molar-refractivity contribution in [2.24, 2.45) is 0 Å². The van der Waals surface area contributed by atoms with Gasteiger partial charge in [-0.1, -0.05) is 26.0 Å². The molecule has 2 N–H and O–H groups in total. The fraction of sp³-hybridized carbons (Fsp3) is 0.588. The van der Waals surface area contributed by atoms with E-state index in [1.807, 2.05) is 18.2 Å². The van der Waals surface area contributed by atoms with Crippen LogP contribution in [0.25, 0.3) is 0 Å². The van der Waals surface area contributed by atoms with Gasteiger partial charge in [0, 0.05) is 12.1 Å². The van der Waals surface area contributed by atoms with E-state index in [0.717, 1.165) is 25.1 Å². The van der Waals surface area contributed by atoms with Gasteiger partial charge in [0.25, 0.3) is 5.91 Å². The van der Waals surface area contributed by atoms with E-state index in [1.54, 1.807) is 0 Å². The Hall–Kier alpha value is -1.55. The van der Waals surface area contributed by atoms with Crippen molar-refractivity contribution in [3.63, 3.8) is 0 Å². The monoisotopic (exact) mass is 290 g/mol. The summed E-state index contributed by atoms with van der Waals surface area (Å²) in [5.74, 6) is 1.16. The second-order valence-corrected chi connectivity index (χ2v) is 6.07. The minimum absolute atomic E-state index is 0.0505.